The highest BCUT2D eigenvalue weighted by molar-refractivity contribution is 5.99. The second-order valence-corrected chi connectivity index (χ2v) is 7.09. The van der Waals surface area contributed by atoms with Gasteiger partial charge in [0, 0.05) is 36.8 Å². The summed E-state index contributed by atoms with van der Waals surface area (Å²) in [4.78, 5) is 38.8. The quantitative estimate of drug-likeness (QED) is 0.695. The molecule has 1 aromatic carbocycles. The molecule has 2 amide bonds. The van der Waals surface area contributed by atoms with Gasteiger partial charge in [-0.25, -0.2) is 4.79 Å². The second kappa shape index (κ2) is 11.1. The summed E-state index contributed by atoms with van der Waals surface area (Å²) >= 11 is 0. The zero-order valence-electron chi connectivity index (χ0n) is 16.5. The zero-order chi connectivity index (χ0) is 19.9. The smallest absolute Gasteiger partial charge is 0.328 e. The van der Waals surface area contributed by atoms with Crippen molar-refractivity contribution >= 4 is 35.9 Å². The molecule has 0 bridgehead atoms. The lowest BCUT2D eigenvalue weighted by Crippen LogP contribution is -2.48. The Morgan fingerprint density at radius 3 is 2.86 bits per heavy atom. The van der Waals surface area contributed by atoms with Gasteiger partial charge in [-0.15, -0.1) is 12.4 Å². The molecule has 2 unspecified atom stereocenters. The zero-order valence-corrected chi connectivity index (χ0v) is 17.3. The molecule has 0 radical (unpaired) electrons. The fourth-order valence-corrected chi connectivity index (χ4v) is 3.64. The first kappa shape index (κ1) is 23.1. The normalized spacial score (nSPS) is 21.6. The van der Waals surface area contributed by atoms with Crippen LogP contribution >= 0.6 is 12.4 Å². The molecule has 1 aromatic rings. The number of esters is 1. The Labute approximate surface area is 176 Å². The predicted molar refractivity (Wildman–Crippen MR) is 110 cm³/mol. The number of amides is 2. The number of carbonyl (C=O) groups is 3. The van der Waals surface area contributed by atoms with Crippen molar-refractivity contribution < 1.29 is 23.9 Å². The van der Waals surface area contributed by atoms with Crippen LogP contribution < -0.4 is 10.6 Å². The van der Waals surface area contributed by atoms with Crippen molar-refractivity contribution in [1.82, 2.24) is 10.2 Å². The minimum absolute atomic E-state index is 0. The highest BCUT2D eigenvalue weighted by Crippen LogP contribution is 2.22. The van der Waals surface area contributed by atoms with Crippen LogP contribution in [0.25, 0.3) is 0 Å². The summed E-state index contributed by atoms with van der Waals surface area (Å²) in [7, 11) is 1.34. The molecule has 2 N–H and O–H groups in total. The Balaban J connectivity index is 0.00000300. The number of likely N-dealkylation sites (tertiary alicyclic amines) is 1. The maximum atomic E-state index is 13.0. The SMILES string of the molecule is COC(=O)C1CCCCN1C(=O)c1cccc(NC(=O)CC2COCCN2)c1.Cl. The van der Waals surface area contributed by atoms with Crippen LogP contribution in [0.1, 0.15) is 36.0 Å². The maximum Gasteiger partial charge on any atom is 0.328 e. The van der Waals surface area contributed by atoms with Crippen LogP contribution in [-0.4, -0.2) is 68.2 Å². The van der Waals surface area contributed by atoms with E-state index in [2.05, 4.69) is 10.6 Å². The van der Waals surface area contributed by atoms with Gasteiger partial charge < -0.3 is 25.0 Å². The van der Waals surface area contributed by atoms with Gasteiger partial charge in [0.2, 0.25) is 5.91 Å². The molecular formula is C20H28ClN3O5. The summed E-state index contributed by atoms with van der Waals surface area (Å²) in [6.45, 7) is 2.42. The number of hydrogen-bond donors (Lipinski definition) is 2. The highest BCUT2D eigenvalue weighted by atomic mass is 35.5. The van der Waals surface area contributed by atoms with Gasteiger partial charge in [-0.2, -0.15) is 0 Å². The van der Waals surface area contributed by atoms with E-state index in [1.165, 1.54) is 7.11 Å². The highest BCUT2D eigenvalue weighted by Gasteiger charge is 2.33. The Morgan fingerprint density at radius 2 is 2.14 bits per heavy atom. The number of nitrogens with one attached hydrogen (secondary N) is 2. The van der Waals surface area contributed by atoms with Gasteiger partial charge in [-0.1, -0.05) is 6.07 Å². The number of halogens is 1. The van der Waals surface area contributed by atoms with Crippen LogP contribution in [0.15, 0.2) is 24.3 Å². The number of methoxy groups -OCH3 is 1. The van der Waals surface area contributed by atoms with Gasteiger partial charge >= 0.3 is 5.97 Å². The van der Waals surface area contributed by atoms with Crippen LogP contribution in [0.2, 0.25) is 0 Å². The van der Waals surface area contributed by atoms with Crippen LogP contribution in [0.5, 0.6) is 0 Å². The molecule has 0 spiro atoms. The predicted octanol–water partition coefficient (Wildman–Crippen LogP) is 1.59. The lowest BCUT2D eigenvalue weighted by atomic mass is 10.0. The van der Waals surface area contributed by atoms with E-state index in [1.54, 1.807) is 29.2 Å². The standard InChI is InChI=1S/C20H27N3O5.ClH/c1-27-20(26)17-7-2-3-9-23(17)19(25)14-5-4-6-15(11-14)22-18(24)12-16-13-28-10-8-21-16;/h4-6,11,16-17,21H,2-3,7-10,12-13H2,1H3,(H,22,24);1H. The average molecular weight is 426 g/mol. The number of carbonyl (C=O) groups excluding carboxylic acids is 3. The van der Waals surface area contributed by atoms with Gasteiger partial charge in [0.05, 0.1) is 20.3 Å². The third-order valence-electron chi connectivity index (χ3n) is 5.06. The molecule has 0 aliphatic carbocycles. The van der Waals surface area contributed by atoms with Crippen LogP contribution in [0, 0.1) is 0 Å². The van der Waals surface area contributed by atoms with E-state index in [0.29, 0.717) is 43.9 Å². The Bertz CT molecular complexity index is 724. The van der Waals surface area contributed by atoms with Crippen LogP contribution in [0.4, 0.5) is 5.69 Å². The molecule has 2 aliphatic heterocycles. The van der Waals surface area contributed by atoms with Gasteiger partial charge in [-0.3, -0.25) is 9.59 Å². The summed E-state index contributed by atoms with van der Waals surface area (Å²) in [6.07, 6.45) is 2.64. The van der Waals surface area contributed by atoms with E-state index in [1.807, 2.05) is 0 Å². The third-order valence-corrected chi connectivity index (χ3v) is 5.06. The topological polar surface area (TPSA) is 97.0 Å². The molecule has 2 atom stereocenters. The first-order valence-corrected chi connectivity index (χ1v) is 9.68. The molecule has 29 heavy (non-hydrogen) atoms. The number of rotatable bonds is 5. The van der Waals surface area contributed by atoms with Gasteiger partial charge in [-0.05, 0) is 37.5 Å². The first-order valence-electron chi connectivity index (χ1n) is 9.68. The van der Waals surface area contributed by atoms with Crippen LogP contribution in [0.3, 0.4) is 0 Å². The number of morpholine rings is 1. The Kier molecular flexibility index (Phi) is 8.88. The Hall–Kier alpha value is -2.16. The lowest BCUT2D eigenvalue weighted by molar-refractivity contribution is -0.147. The Morgan fingerprint density at radius 1 is 1.31 bits per heavy atom. The van der Waals surface area contributed by atoms with E-state index in [0.717, 1.165) is 19.4 Å². The summed E-state index contributed by atoms with van der Waals surface area (Å²) in [6, 6.07) is 6.25. The van der Waals surface area contributed by atoms with Crippen molar-refractivity contribution in [2.45, 2.75) is 37.8 Å². The van der Waals surface area contributed by atoms with E-state index in [-0.39, 0.29) is 36.2 Å². The number of benzene rings is 1. The number of ether oxygens (including phenoxy) is 2. The molecule has 3 rings (SSSR count). The molecule has 2 heterocycles. The number of anilines is 1. The third kappa shape index (κ3) is 6.16. The van der Waals surface area contributed by atoms with Crippen molar-refractivity contribution in [3.05, 3.63) is 29.8 Å². The maximum absolute atomic E-state index is 13.0. The lowest BCUT2D eigenvalue weighted by Gasteiger charge is -2.33. The van der Waals surface area contributed by atoms with E-state index in [9.17, 15) is 14.4 Å². The van der Waals surface area contributed by atoms with Gasteiger partial charge in [0.15, 0.2) is 0 Å². The minimum atomic E-state index is -0.554. The summed E-state index contributed by atoms with van der Waals surface area (Å²) in [5.41, 5.74) is 0.993. The van der Waals surface area contributed by atoms with Crippen molar-refractivity contribution in [3.8, 4) is 0 Å². The summed E-state index contributed by atoms with van der Waals surface area (Å²) in [5, 5.41) is 6.07. The number of hydrogen-bond acceptors (Lipinski definition) is 6. The molecule has 0 saturated carbocycles. The van der Waals surface area contributed by atoms with Gasteiger partial charge in [0.25, 0.3) is 5.91 Å². The van der Waals surface area contributed by atoms with Crippen molar-refractivity contribution in [1.29, 1.82) is 0 Å². The van der Waals surface area contributed by atoms with Crippen molar-refractivity contribution in [2.24, 2.45) is 0 Å². The molecule has 8 nitrogen and oxygen atoms in total. The monoisotopic (exact) mass is 425 g/mol. The van der Waals surface area contributed by atoms with Gasteiger partial charge in [0.1, 0.15) is 6.04 Å². The summed E-state index contributed by atoms with van der Waals surface area (Å²) in [5.74, 6) is -0.758. The fourth-order valence-electron chi connectivity index (χ4n) is 3.64. The molecule has 0 aromatic heterocycles. The molecule has 160 valence electrons. The average Bonchev–Trinajstić information content (AvgIpc) is 2.73. The fraction of sp³-hybridized carbons (Fsp3) is 0.550. The number of nitrogens with zero attached hydrogens (tertiary/aromatic N) is 1. The largest absolute Gasteiger partial charge is 0.467 e. The molecular weight excluding hydrogens is 398 g/mol. The van der Waals surface area contributed by atoms with Crippen molar-refractivity contribution in [2.75, 3.05) is 38.7 Å². The van der Waals surface area contributed by atoms with E-state index >= 15 is 0 Å². The van der Waals surface area contributed by atoms with E-state index < -0.39 is 6.04 Å². The summed E-state index contributed by atoms with van der Waals surface area (Å²) < 4.78 is 10.2. The first-order chi connectivity index (χ1) is 13.6. The van der Waals surface area contributed by atoms with E-state index in [4.69, 9.17) is 9.47 Å². The molecule has 2 fully saturated rings. The van der Waals surface area contributed by atoms with Crippen LogP contribution in [-0.2, 0) is 19.1 Å². The van der Waals surface area contributed by atoms with Crippen molar-refractivity contribution in [3.63, 3.8) is 0 Å². The number of piperidine rings is 1. The second-order valence-electron chi connectivity index (χ2n) is 7.09. The molecule has 9 heteroatoms. The minimum Gasteiger partial charge on any atom is -0.467 e. The molecule has 2 aliphatic rings. The molecule has 2 saturated heterocycles.